The molecule has 15 heavy (non-hydrogen) atoms. The van der Waals surface area contributed by atoms with Crippen molar-refractivity contribution in [3.8, 4) is 5.75 Å². The van der Waals surface area contributed by atoms with Crippen molar-refractivity contribution in [2.75, 3.05) is 13.7 Å². The molecule has 0 radical (unpaired) electrons. The molecule has 0 fully saturated rings. The molecule has 2 aromatic rings. The topological polar surface area (TPSA) is 21.3 Å². The highest BCUT2D eigenvalue weighted by atomic mass is 32.1. The van der Waals surface area contributed by atoms with Gasteiger partial charge in [-0.25, -0.2) is 0 Å². The molecule has 78 valence electrons. The Morgan fingerprint density at radius 2 is 2.33 bits per heavy atom. The summed E-state index contributed by atoms with van der Waals surface area (Å²) in [7, 11) is 1.72. The summed E-state index contributed by atoms with van der Waals surface area (Å²) in [6, 6.07) is 6.36. The molecule has 1 aliphatic heterocycles. The fourth-order valence-electron chi connectivity index (χ4n) is 2.12. The van der Waals surface area contributed by atoms with Crippen LogP contribution < -0.4 is 10.1 Å². The van der Waals surface area contributed by atoms with Crippen molar-refractivity contribution in [3.05, 3.63) is 28.6 Å². The Balaban J connectivity index is 2.22. The zero-order chi connectivity index (χ0) is 10.3. The molecule has 0 bridgehead atoms. The second-order valence-electron chi connectivity index (χ2n) is 3.79. The predicted octanol–water partition coefficient (Wildman–Crippen LogP) is 2.56. The number of nitrogens with one attached hydrogen (secondary N) is 1. The first-order chi connectivity index (χ1) is 7.38. The van der Waals surface area contributed by atoms with Crippen LogP contribution in [0.15, 0.2) is 18.2 Å². The predicted molar refractivity (Wildman–Crippen MR) is 63.8 cm³/mol. The van der Waals surface area contributed by atoms with E-state index >= 15 is 0 Å². The number of rotatable bonds is 1. The first-order valence-electron chi connectivity index (χ1n) is 5.17. The van der Waals surface area contributed by atoms with Crippen molar-refractivity contribution in [2.24, 2.45) is 0 Å². The van der Waals surface area contributed by atoms with Gasteiger partial charge >= 0.3 is 0 Å². The number of hydrogen-bond donors (Lipinski definition) is 1. The summed E-state index contributed by atoms with van der Waals surface area (Å²) < 4.78 is 6.60. The fraction of sp³-hybridized carbons (Fsp3) is 0.333. The van der Waals surface area contributed by atoms with Crippen LogP contribution in [-0.2, 0) is 13.0 Å². The van der Waals surface area contributed by atoms with Gasteiger partial charge < -0.3 is 10.1 Å². The van der Waals surface area contributed by atoms with Crippen LogP contribution in [0, 0.1) is 0 Å². The van der Waals surface area contributed by atoms with E-state index in [1.54, 1.807) is 7.11 Å². The minimum Gasteiger partial charge on any atom is -0.497 e. The van der Waals surface area contributed by atoms with Crippen LogP contribution in [0.1, 0.15) is 10.4 Å². The first-order valence-corrected chi connectivity index (χ1v) is 5.99. The number of fused-ring (bicyclic) bond motifs is 3. The Hall–Kier alpha value is -1.06. The van der Waals surface area contributed by atoms with E-state index in [0.717, 1.165) is 25.3 Å². The molecule has 1 aromatic heterocycles. The lowest BCUT2D eigenvalue weighted by molar-refractivity contribution is 0.415. The number of methoxy groups -OCH3 is 1. The molecule has 0 saturated heterocycles. The van der Waals surface area contributed by atoms with Crippen LogP contribution in [0.3, 0.4) is 0 Å². The van der Waals surface area contributed by atoms with Crippen LogP contribution in [0.4, 0.5) is 0 Å². The van der Waals surface area contributed by atoms with Crippen molar-refractivity contribution < 1.29 is 4.74 Å². The maximum absolute atomic E-state index is 5.25. The Morgan fingerprint density at radius 1 is 1.40 bits per heavy atom. The number of benzene rings is 1. The minimum atomic E-state index is 0.953. The van der Waals surface area contributed by atoms with E-state index in [-0.39, 0.29) is 0 Å². The molecule has 1 N–H and O–H groups in total. The maximum Gasteiger partial charge on any atom is 0.120 e. The van der Waals surface area contributed by atoms with E-state index in [2.05, 4.69) is 17.4 Å². The van der Waals surface area contributed by atoms with E-state index < -0.39 is 0 Å². The normalized spacial score (nSPS) is 15.3. The van der Waals surface area contributed by atoms with Crippen LogP contribution >= 0.6 is 11.3 Å². The third-order valence-electron chi connectivity index (χ3n) is 2.91. The summed E-state index contributed by atoms with van der Waals surface area (Å²) in [6.45, 7) is 2.12. The molecule has 0 amide bonds. The molecular weight excluding hydrogens is 206 g/mol. The second kappa shape index (κ2) is 3.51. The summed E-state index contributed by atoms with van der Waals surface area (Å²) in [5.74, 6) is 0.953. The van der Waals surface area contributed by atoms with Gasteiger partial charge in [-0.1, -0.05) is 0 Å². The van der Waals surface area contributed by atoms with Gasteiger partial charge in [-0.3, -0.25) is 0 Å². The Kier molecular flexibility index (Phi) is 2.15. The van der Waals surface area contributed by atoms with Crippen molar-refractivity contribution >= 4 is 21.4 Å². The minimum absolute atomic E-state index is 0.953. The van der Waals surface area contributed by atoms with Gasteiger partial charge in [0.25, 0.3) is 0 Å². The van der Waals surface area contributed by atoms with Gasteiger partial charge in [0.2, 0.25) is 0 Å². The summed E-state index contributed by atoms with van der Waals surface area (Å²) in [5.41, 5.74) is 1.49. The molecular formula is C12H13NOS. The average molecular weight is 219 g/mol. The van der Waals surface area contributed by atoms with Gasteiger partial charge in [0.05, 0.1) is 7.11 Å². The van der Waals surface area contributed by atoms with Crippen LogP contribution in [0.25, 0.3) is 10.1 Å². The first kappa shape index (κ1) is 9.19. The summed E-state index contributed by atoms with van der Waals surface area (Å²) in [4.78, 5) is 1.54. The quantitative estimate of drug-likeness (QED) is 0.796. The molecule has 3 heteroatoms. The molecule has 2 nitrogen and oxygen atoms in total. The highest BCUT2D eigenvalue weighted by Crippen LogP contribution is 2.35. The number of ether oxygens (including phenoxy) is 1. The van der Waals surface area contributed by atoms with E-state index in [1.165, 1.54) is 20.5 Å². The van der Waals surface area contributed by atoms with Crippen molar-refractivity contribution in [1.29, 1.82) is 0 Å². The SMILES string of the molecule is COc1ccc2c3c(sc2c1)CCNC3. The summed E-state index contributed by atoms with van der Waals surface area (Å²) in [5, 5.41) is 4.81. The second-order valence-corrected chi connectivity index (χ2v) is 4.93. The van der Waals surface area contributed by atoms with Crippen LogP contribution in [-0.4, -0.2) is 13.7 Å². The molecule has 0 spiro atoms. The molecule has 2 heterocycles. The third-order valence-corrected chi connectivity index (χ3v) is 4.17. The van der Waals surface area contributed by atoms with Crippen molar-refractivity contribution in [3.63, 3.8) is 0 Å². The Morgan fingerprint density at radius 3 is 3.20 bits per heavy atom. The lowest BCUT2D eigenvalue weighted by Crippen LogP contribution is -2.21. The molecule has 0 atom stereocenters. The number of hydrogen-bond acceptors (Lipinski definition) is 3. The lowest BCUT2D eigenvalue weighted by atomic mass is 10.1. The van der Waals surface area contributed by atoms with Crippen molar-refractivity contribution in [1.82, 2.24) is 5.32 Å². The Bertz CT molecular complexity index is 504. The lowest BCUT2D eigenvalue weighted by Gasteiger charge is -2.12. The Labute approximate surface area is 92.9 Å². The van der Waals surface area contributed by atoms with Gasteiger partial charge in [0.1, 0.15) is 5.75 Å². The monoisotopic (exact) mass is 219 g/mol. The molecule has 1 aliphatic rings. The number of thiophene rings is 1. The highest BCUT2D eigenvalue weighted by molar-refractivity contribution is 7.19. The summed E-state index contributed by atoms with van der Waals surface area (Å²) in [6.07, 6.45) is 1.16. The molecule has 0 saturated carbocycles. The van der Waals surface area contributed by atoms with E-state index in [4.69, 9.17) is 4.74 Å². The van der Waals surface area contributed by atoms with E-state index in [9.17, 15) is 0 Å². The van der Waals surface area contributed by atoms with Gasteiger partial charge in [0.15, 0.2) is 0 Å². The zero-order valence-corrected chi connectivity index (χ0v) is 9.49. The van der Waals surface area contributed by atoms with Crippen LogP contribution in [0.5, 0.6) is 5.75 Å². The van der Waals surface area contributed by atoms with Gasteiger partial charge in [0, 0.05) is 22.7 Å². The van der Waals surface area contributed by atoms with Crippen molar-refractivity contribution in [2.45, 2.75) is 13.0 Å². The molecule has 0 aliphatic carbocycles. The van der Waals surface area contributed by atoms with E-state index in [1.807, 2.05) is 17.4 Å². The fourth-order valence-corrected chi connectivity index (χ4v) is 3.37. The molecule has 0 unspecified atom stereocenters. The standard InChI is InChI=1S/C12H13NOS/c1-14-8-2-3-9-10-7-13-5-4-11(10)15-12(9)6-8/h2-3,6,13H,4-5,7H2,1H3. The van der Waals surface area contributed by atoms with Gasteiger partial charge in [-0.05, 0) is 35.6 Å². The van der Waals surface area contributed by atoms with Gasteiger partial charge in [-0.2, -0.15) is 0 Å². The smallest absolute Gasteiger partial charge is 0.120 e. The van der Waals surface area contributed by atoms with E-state index in [0.29, 0.717) is 0 Å². The zero-order valence-electron chi connectivity index (χ0n) is 8.67. The summed E-state index contributed by atoms with van der Waals surface area (Å²) >= 11 is 1.91. The maximum atomic E-state index is 5.25. The largest absolute Gasteiger partial charge is 0.497 e. The van der Waals surface area contributed by atoms with Crippen LogP contribution in [0.2, 0.25) is 0 Å². The third kappa shape index (κ3) is 1.43. The molecule has 3 rings (SSSR count). The van der Waals surface area contributed by atoms with Gasteiger partial charge in [-0.15, -0.1) is 11.3 Å². The molecule has 1 aromatic carbocycles. The highest BCUT2D eigenvalue weighted by Gasteiger charge is 2.15. The average Bonchev–Trinajstić information content (AvgIpc) is 2.66.